The predicted molar refractivity (Wildman–Crippen MR) is 128 cm³/mol. The monoisotopic (exact) mass is 584 g/mol. The minimum Gasteiger partial charge on any atom is -0.389 e. The second-order valence-corrected chi connectivity index (χ2v) is 11.2. The molecule has 1 fully saturated rings. The molecule has 0 aromatic carbocycles. The summed E-state index contributed by atoms with van der Waals surface area (Å²) in [5.74, 6) is -1.43. The SMILES string of the molecule is Cc1cc(C(C)(C(F)(F)F)C(F)(F)F)ncc1-c1sc(C(=O)NCC(C)(C)O)nc1C(=O)N1CCC(F)CC1. The molecule has 39 heavy (non-hydrogen) atoms. The average Bonchev–Trinajstić information content (AvgIpc) is 3.25. The number of hydrogen-bond acceptors (Lipinski definition) is 6. The van der Waals surface area contributed by atoms with E-state index in [4.69, 9.17) is 0 Å². The summed E-state index contributed by atoms with van der Waals surface area (Å²) in [5.41, 5.74) is -7.14. The van der Waals surface area contributed by atoms with Crippen LogP contribution in [0.4, 0.5) is 30.7 Å². The maximum absolute atomic E-state index is 13.6. The highest BCUT2D eigenvalue weighted by Gasteiger charge is 2.69. The third kappa shape index (κ3) is 6.34. The van der Waals surface area contributed by atoms with Gasteiger partial charge in [-0.1, -0.05) is 0 Å². The number of aryl methyl sites for hydroxylation is 1. The van der Waals surface area contributed by atoms with Crippen molar-refractivity contribution in [2.75, 3.05) is 19.6 Å². The molecule has 3 rings (SSSR count). The van der Waals surface area contributed by atoms with Crippen LogP contribution >= 0.6 is 11.3 Å². The molecule has 0 atom stereocenters. The van der Waals surface area contributed by atoms with Crippen LogP contribution in [-0.2, 0) is 5.41 Å². The van der Waals surface area contributed by atoms with Gasteiger partial charge >= 0.3 is 12.4 Å². The second-order valence-electron chi connectivity index (χ2n) is 10.2. The molecule has 0 unspecified atom stereocenters. The molecule has 3 heterocycles. The van der Waals surface area contributed by atoms with Gasteiger partial charge in [0.1, 0.15) is 11.9 Å². The number of piperidine rings is 1. The van der Waals surface area contributed by atoms with Crippen molar-refractivity contribution in [1.29, 1.82) is 0 Å². The Hall–Kier alpha value is -2.81. The highest BCUT2D eigenvalue weighted by Crippen LogP contribution is 2.51. The normalized spacial score (nSPS) is 15.9. The van der Waals surface area contributed by atoms with Crippen LogP contribution in [0.15, 0.2) is 12.3 Å². The van der Waals surface area contributed by atoms with Crippen LogP contribution in [0, 0.1) is 6.92 Å². The maximum Gasteiger partial charge on any atom is 0.408 e. The molecule has 1 aliphatic rings. The van der Waals surface area contributed by atoms with Gasteiger partial charge in [0.25, 0.3) is 11.8 Å². The first-order chi connectivity index (χ1) is 17.8. The van der Waals surface area contributed by atoms with Gasteiger partial charge in [-0.05, 0) is 52.2 Å². The number of rotatable bonds is 6. The summed E-state index contributed by atoms with van der Waals surface area (Å²) in [4.78, 5) is 35.0. The van der Waals surface area contributed by atoms with E-state index in [-0.39, 0.29) is 66.1 Å². The Balaban J connectivity index is 2.10. The van der Waals surface area contributed by atoms with Crippen LogP contribution in [0.1, 0.15) is 65.2 Å². The highest BCUT2D eigenvalue weighted by molar-refractivity contribution is 7.17. The zero-order valence-electron chi connectivity index (χ0n) is 21.4. The first kappa shape index (κ1) is 30.7. The van der Waals surface area contributed by atoms with E-state index >= 15 is 0 Å². The average molecular weight is 585 g/mol. The van der Waals surface area contributed by atoms with Crippen molar-refractivity contribution in [2.45, 2.75) is 70.1 Å². The Kier molecular flexibility index (Phi) is 8.38. The summed E-state index contributed by atoms with van der Waals surface area (Å²) in [6.45, 7) is 4.08. The first-order valence-corrected chi connectivity index (χ1v) is 12.6. The number of thiazole rings is 1. The lowest BCUT2D eigenvalue weighted by Gasteiger charge is -2.33. The Morgan fingerprint density at radius 1 is 1.10 bits per heavy atom. The Morgan fingerprint density at radius 3 is 2.15 bits per heavy atom. The fourth-order valence-electron chi connectivity index (χ4n) is 3.84. The molecule has 2 N–H and O–H groups in total. The lowest BCUT2D eigenvalue weighted by molar-refractivity contribution is -0.298. The summed E-state index contributed by atoms with van der Waals surface area (Å²) in [6, 6.07) is 0.646. The van der Waals surface area contributed by atoms with E-state index in [1.807, 2.05) is 0 Å². The number of amides is 2. The first-order valence-electron chi connectivity index (χ1n) is 11.8. The summed E-state index contributed by atoms with van der Waals surface area (Å²) < 4.78 is 95.1. The summed E-state index contributed by atoms with van der Waals surface area (Å²) >= 11 is 0.692. The van der Waals surface area contributed by atoms with Gasteiger partial charge in [0.15, 0.2) is 10.4 Å². The van der Waals surface area contributed by atoms with Gasteiger partial charge in [0.05, 0.1) is 16.2 Å². The van der Waals surface area contributed by atoms with Crippen molar-refractivity contribution < 1.29 is 45.4 Å². The van der Waals surface area contributed by atoms with Crippen molar-refractivity contribution in [3.8, 4) is 10.4 Å². The highest BCUT2D eigenvalue weighted by atomic mass is 32.1. The zero-order chi connectivity index (χ0) is 29.6. The number of halogens is 7. The summed E-state index contributed by atoms with van der Waals surface area (Å²) in [7, 11) is 0. The van der Waals surface area contributed by atoms with E-state index in [0.717, 1.165) is 6.20 Å². The quantitative estimate of drug-likeness (QED) is 0.468. The number of likely N-dealkylation sites (tertiary alicyclic amines) is 1. The van der Waals surface area contributed by atoms with E-state index in [1.165, 1.54) is 25.7 Å². The number of carbonyl (C=O) groups is 2. The summed E-state index contributed by atoms with van der Waals surface area (Å²) in [6.07, 6.45) is -11.6. The van der Waals surface area contributed by atoms with E-state index in [9.17, 15) is 45.4 Å². The standard InChI is InChI=1S/C24H27F7N4O3S/c1-12-9-15(22(4,23(26,27)28)24(29,30)31)32-10-14(12)17-16(20(37)35-7-5-13(25)6-8-35)34-19(39-17)18(36)33-11-21(2,3)38/h9-10,13,38H,5-8,11H2,1-4H3,(H,33,36). The van der Waals surface area contributed by atoms with E-state index in [1.54, 1.807) is 0 Å². The molecule has 216 valence electrons. The third-order valence-electron chi connectivity index (χ3n) is 6.42. The number of pyridine rings is 1. The van der Waals surface area contributed by atoms with Gasteiger partial charge in [-0.25, -0.2) is 9.37 Å². The van der Waals surface area contributed by atoms with Crippen molar-refractivity contribution in [3.05, 3.63) is 34.2 Å². The van der Waals surface area contributed by atoms with Crippen molar-refractivity contribution in [3.63, 3.8) is 0 Å². The van der Waals surface area contributed by atoms with Crippen LogP contribution in [0.25, 0.3) is 10.4 Å². The Morgan fingerprint density at radius 2 is 1.67 bits per heavy atom. The summed E-state index contributed by atoms with van der Waals surface area (Å²) in [5, 5.41) is 12.1. The van der Waals surface area contributed by atoms with E-state index < -0.39 is 47.0 Å². The molecule has 0 aliphatic carbocycles. The zero-order valence-corrected chi connectivity index (χ0v) is 22.2. The van der Waals surface area contributed by atoms with Gasteiger partial charge in [0.2, 0.25) is 0 Å². The van der Waals surface area contributed by atoms with Crippen LogP contribution < -0.4 is 5.32 Å². The van der Waals surface area contributed by atoms with Gasteiger partial charge in [-0.15, -0.1) is 11.3 Å². The van der Waals surface area contributed by atoms with E-state index in [2.05, 4.69) is 15.3 Å². The lowest BCUT2D eigenvalue weighted by atomic mass is 9.83. The number of nitrogens with one attached hydrogen (secondary N) is 1. The Bertz CT molecular complexity index is 1220. The van der Waals surface area contributed by atoms with Crippen LogP contribution in [0.3, 0.4) is 0 Å². The van der Waals surface area contributed by atoms with Crippen LogP contribution in [0.5, 0.6) is 0 Å². The Labute approximate surface area is 223 Å². The van der Waals surface area contributed by atoms with Crippen LogP contribution in [-0.4, -0.2) is 75.5 Å². The number of alkyl halides is 7. The molecule has 0 saturated carbocycles. The molecule has 2 amide bonds. The lowest BCUT2D eigenvalue weighted by Crippen LogP contribution is -2.52. The largest absolute Gasteiger partial charge is 0.408 e. The fourth-order valence-corrected chi connectivity index (χ4v) is 4.88. The maximum atomic E-state index is 13.6. The van der Waals surface area contributed by atoms with Crippen LogP contribution in [0.2, 0.25) is 0 Å². The van der Waals surface area contributed by atoms with Crippen molar-refractivity contribution >= 4 is 23.2 Å². The molecule has 0 bridgehead atoms. The van der Waals surface area contributed by atoms with E-state index in [0.29, 0.717) is 17.4 Å². The molecule has 1 aliphatic heterocycles. The minimum absolute atomic E-state index is 0.00428. The predicted octanol–water partition coefficient (Wildman–Crippen LogP) is 4.97. The van der Waals surface area contributed by atoms with Gasteiger partial charge in [-0.3, -0.25) is 14.6 Å². The molecule has 7 nitrogen and oxygen atoms in total. The van der Waals surface area contributed by atoms with Crippen molar-refractivity contribution in [1.82, 2.24) is 20.2 Å². The molecule has 0 radical (unpaired) electrons. The molecule has 1 saturated heterocycles. The molecule has 0 spiro atoms. The van der Waals surface area contributed by atoms with Gasteiger partial charge in [-0.2, -0.15) is 26.3 Å². The number of aliphatic hydroxyl groups is 1. The van der Waals surface area contributed by atoms with Gasteiger partial charge < -0.3 is 15.3 Å². The third-order valence-corrected chi connectivity index (χ3v) is 7.51. The molecule has 2 aromatic heterocycles. The second kappa shape index (κ2) is 10.6. The molecular formula is C24H27F7N4O3S. The van der Waals surface area contributed by atoms with Gasteiger partial charge in [0, 0.05) is 31.4 Å². The molecular weight excluding hydrogens is 557 g/mol. The molecule has 15 heteroatoms. The smallest absolute Gasteiger partial charge is 0.389 e. The minimum atomic E-state index is -5.70. The number of hydrogen-bond donors (Lipinski definition) is 2. The number of nitrogens with zero attached hydrogens (tertiary/aromatic N) is 3. The molecule has 2 aromatic rings. The number of aromatic nitrogens is 2. The number of carbonyl (C=O) groups excluding carboxylic acids is 2. The van der Waals surface area contributed by atoms with Crippen molar-refractivity contribution in [2.24, 2.45) is 0 Å². The topological polar surface area (TPSA) is 95.4 Å². The fraction of sp³-hybridized carbons (Fsp3) is 0.583.